The normalized spacial score (nSPS) is 42.7. The van der Waals surface area contributed by atoms with Crippen LogP contribution in [-0.2, 0) is 4.79 Å². The fraction of sp³-hybridized carbons (Fsp3) is 0.630. The van der Waals surface area contributed by atoms with Crippen LogP contribution in [-0.4, -0.2) is 10.8 Å². The van der Waals surface area contributed by atoms with Crippen LogP contribution in [0.25, 0.3) is 5.57 Å². The lowest BCUT2D eigenvalue weighted by Crippen LogP contribution is -2.52. The topological polar surface area (TPSA) is 30.0 Å². The molecule has 158 valence electrons. The van der Waals surface area contributed by atoms with Crippen LogP contribution in [0, 0.1) is 46.2 Å². The SMILES string of the molecule is C[C@]12CCC(=O)C=C1C(C1CC1)C[C@@H]1[C@@H]2CC[C@]2(C)C(c3cncc(F)c3)=CC[C@@H]12. The molecule has 1 aromatic heterocycles. The molecule has 1 heterocycles. The van der Waals surface area contributed by atoms with E-state index in [2.05, 4.69) is 31.0 Å². The maximum absolute atomic E-state index is 13.9. The van der Waals surface area contributed by atoms with Gasteiger partial charge in [0, 0.05) is 12.6 Å². The van der Waals surface area contributed by atoms with Gasteiger partial charge < -0.3 is 0 Å². The molecule has 1 aromatic rings. The predicted molar refractivity (Wildman–Crippen MR) is 116 cm³/mol. The second kappa shape index (κ2) is 6.37. The van der Waals surface area contributed by atoms with E-state index in [1.54, 1.807) is 6.07 Å². The number of fused-ring (bicyclic) bond motifs is 5. The van der Waals surface area contributed by atoms with E-state index in [1.165, 1.54) is 43.0 Å². The summed E-state index contributed by atoms with van der Waals surface area (Å²) < 4.78 is 13.9. The lowest BCUT2D eigenvalue weighted by atomic mass is 9.44. The van der Waals surface area contributed by atoms with Crippen LogP contribution < -0.4 is 0 Å². The molecule has 0 amide bonds. The first-order valence-electron chi connectivity index (χ1n) is 12.0. The minimum Gasteiger partial charge on any atom is -0.295 e. The second-order valence-corrected chi connectivity index (χ2v) is 11.2. The number of aromatic nitrogens is 1. The molecular formula is C27H32FNO. The average molecular weight is 406 g/mol. The molecule has 0 saturated heterocycles. The van der Waals surface area contributed by atoms with Crippen molar-refractivity contribution in [2.24, 2.45) is 40.4 Å². The van der Waals surface area contributed by atoms with Gasteiger partial charge in [-0.05, 0) is 109 Å². The zero-order chi connectivity index (χ0) is 20.7. The van der Waals surface area contributed by atoms with Crippen LogP contribution in [0.3, 0.4) is 0 Å². The van der Waals surface area contributed by atoms with E-state index in [4.69, 9.17) is 0 Å². The van der Waals surface area contributed by atoms with Crippen LogP contribution in [0.15, 0.2) is 36.2 Å². The van der Waals surface area contributed by atoms with E-state index in [-0.39, 0.29) is 16.6 Å². The quantitative estimate of drug-likeness (QED) is 0.571. The van der Waals surface area contributed by atoms with Gasteiger partial charge in [-0.2, -0.15) is 0 Å². The first-order valence-corrected chi connectivity index (χ1v) is 12.0. The van der Waals surface area contributed by atoms with Crippen LogP contribution in [0.2, 0.25) is 0 Å². The Hall–Kier alpha value is -1.77. The van der Waals surface area contributed by atoms with Crippen molar-refractivity contribution < 1.29 is 9.18 Å². The molecule has 3 saturated carbocycles. The number of pyridine rings is 1. The number of halogens is 1. The molecule has 5 aliphatic carbocycles. The minimum atomic E-state index is -0.241. The van der Waals surface area contributed by atoms with Gasteiger partial charge in [0.25, 0.3) is 0 Å². The maximum Gasteiger partial charge on any atom is 0.155 e. The summed E-state index contributed by atoms with van der Waals surface area (Å²) in [6, 6.07) is 1.67. The van der Waals surface area contributed by atoms with E-state index < -0.39 is 0 Å². The highest BCUT2D eigenvalue weighted by atomic mass is 19.1. The minimum absolute atomic E-state index is 0.118. The molecule has 6 rings (SSSR count). The maximum atomic E-state index is 13.9. The highest BCUT2D eigenvalue weighted by Crippen LogP contribution is 2.69. The number of carbonyl (C=O) groups excluding carboxylic acids is 1. The molecular weight excluding hydrogens is 373 g/mol. The average Bonchev–Trinajstić information content (AvgIpc) is 3.49. The summed E-state index contributed by atoms with van der Waals surface area (Å²) >= 11 is 0. The monoisotopic (exact) mass is 405 g/mol. The number of hydrogen-bond acceptors (Lipinski definition) is 2. The number of ketones is 1. The third-order valence-corrected chi connectivity index (χ3v) is 9.84. The van der Waals surface area contributed by atoms with Crippen molar-refractivity contribution in [2.75, 3.05) is 0 Å². The summed E-state index contributed by atoms with van der Waals surface area (Å²) in [5, 5.41) is 0. The van der Waals surface area contributed by atoms with Crippen LogP contribution >= 0.6 is 0 Å². The third kappa shape index (κ3) is 2.59. The zero-order valence-electron chi connectivity index (χ0n) is 18.2. The van der Waals surface area contributed by atoms with Gasteiger partial charge in [0.1, 0.15) is 5.82 Å². The van der Waals surface area contributed by atoms with Gasteiger partial charge >= 0.3 is 0 Å². The van der Waals surface area contributed by atoms with Gasteiger partial charge in [-0.1, -0.05) is 25.5 Å². The molecule has 5 aliphatic rings. The Balaban J connectivity index is 1.38. The summed E-state index contributed by atoms with van der Waals surface area (Å²) in [4.78, 5) is 16.5. The van der Waals surface area contributed by atoms with Crippen LogP contribution in [0.4, 0.5) is 4.39 Å². The van der Waals surface area contributed by atoms with Crippen molar-refractivity contribution in [1.82, 2.24) is 4.98 Å². The molecule has 3 heteroatoms. The number of nitrogens with zero attached hydrogens (tertiary/aromatic N) is 1. The van der Waals surface area contributed by atoms with E-state index in [0.29, 0.717) is 29.5 Å². The van der Waals surface area contributed by atoms with Gasteiger partial charge in [-0.15, -0.1) is 0 Å². The summed E-state index contributed by atoms with van der Waals surface area (Å²) in [5.74, 6) is 3.56. The number of allylic oxidation sites excluding steroid dienone is 4. The van der Waals surface area contributed by atoms with E-state index >= 15 is 0 Å². The zero-order valence-corrected chi connectivity index (χ0v) is 18.2. The molecule has 0 bridgehead atoms. The van der Waals surface area contributed by atoms with Crippen molar-refractivity contribution in [3.63, 3.8) is 0 Å². The van der Waals surface area contributed by atoms with Crippen molar-refractivity contribution in [3.05, 3.63) is 47.6 Å². The number of carbonyl (C=O) groups is 1. The highest BCUT2D eigenvalue weighted by molar-refractivity contribution is 5.91. The Morgan fingerprint density at radius 2 is 1.90 bits per heavy atom. The molecule has 3 fully saturated rings. The molecule has 6 atom stereocenters. The van der Waals surface area contributed by atoms with Crippen molar-refractivity contribution in [3.8, 4) is 0 Å². The molecule has 0 N–H and O–H groups in total. The van der Waals surface area contributed by atoms with Gasteiger partial charge in [0.15, 0.2) is 5.78 Å². The molecule has 0 aromatic carbocycles. The largest absolute Gasteiger partial charge is 0.295 e. The first kappa shape index (κ1) is 19.0. The Morgan fingerprint density at radius 1 is 1.07 bits per heavy atom. The standard InChI is InChI=1S/C27H32FNO/c1-26-10-8-24-21(23(26)6-5-22(26)17-11-18(28)15-29-14-17)13-20(16-3-4-16)25-12-19(30)7-9-27(24,25)2/h5,11-12,14-16,20-21,23-24H,3-4,6-10,13H2,1-2H3/t20?,21-,23-,24-,26+,27+/m0/s1. The van der Waals surface area contributed by atoms with Crippen molar-refractivity contribution >= 4 is 11.4 Å². The van der Waals surface area contributed by atoms with E-state index in [0.717, 1.165) is 37.2 Å². The molecule has 0 spiro atoms. The fourth-order valence-electron chi connectivity index (χ4n) is 8.21. The van der Waals surface area contributed by atoms with Gasteiger partial charge in [0.05, 0.1) is 6.20 Å². The molecule has 2 nitrogen and oxygen atoms in total. The highest BCUT2D eigenvalue weighted by Gasteiger charge is 2.60. The first-order chi connectivity index (χ1) is 14.4. The van der Waals surface area contributed by atoms with Gasteiger partial charge in [0.2, 0.25) is 0 Å². The summed E-state index contributed by atoms with van der Waals surface area (Å²) in [6.07, 6.45) is 16.8. The van der Waals surface area contributed by atoms with E-state index in [9.17, 15) is 9.18 Å². The smallest absolute Gasteiger partial charge is 0.155 e. The van der Waals surface area contributed by atoms with Crippen LogP contribution in [0.5, 0.6) is 0 Å². The number of rotatable bonds is 2. The number of hydrogen-bond donors (Lipinski definition) is 0. The Kier molecular flexibility index (Phi) is 4.03. The van der Waals surface area contributed by atoms with E-state index in [1.807, 2.05) is 6.20 Å². The van der Waals surface area contributed by atoms with Crippen molar-refractivity contribution in [1.29, 1.82) is 0 Å². The summed E-state index contributed by atoms with van der Waals surface area (Å²) in [6.45, 7) is 4.92. The molecule has 0 aliphatic heterocycles. The Labute approximate surface area is 179 Å². The molecule has 30 heavy (non-hydrogen) atoms. The van der Waals surface area contributed by atoms with Crippen molar-refractivity contribution in [2.45, 2.75) is 65.2 Å². The molecule has 1 unspecified atom stereocenters. The van der Waals surface area contributed by atoms with Gasteiger partial charge in [-0.25, -0.2) is 4.39 Å². The fourth-order valence-corrected chi connectivity index (χ4v) is 8.21. The lowest BCUT2D eigenvalue weighted by molar-refractivity contribution is -0.117. The molecule has 0 radical (unpaired) electrons. The Bertz CT molecular complexity index is 975. The third-order valence-electron chi connectivity index (χ3n) is 9.84. The summed E-state index contributed by atoms with van der Waals surface area (Å²) in [5.41, 5.74) is 4.14. The Morgan fingerprint density at radius 3 is 2.67 bits per heavy atom. The second-order valence-electron chi connectivity index (χ2n) is 11.2. The predicted octanol–water partition coefficient (Wildman–Crippen LogP) is 6.38. The van der Waals surface area contributed by atoms with Crippen LogP contribution in [0.1, 0.15) is 70.8 Å². The van der Waals surface area contributed by atoms with Gasteiger partial charge in [-0.3, -0.25) is 9.78 Å². The lowest BCUT2D eigenvalue weighted by Gasteiger charge is -2.60. The summed E-state index contributed by atoms with van der Waals surface area (Å²) in [7, 11) is 0.